The van der Waals surface area contributed by atoms with Crippen LogP contribution >= 0.6 is 0 Å². The molecular formula is C21H19N3. The number of aryl methyl sites for hydroxylation is 4. The lowest BCUT2D eigenvalue weighted by molar-refractivity contribution is 1.20. The number of rotatable bonds is 1. The fraction of sp³-hybridized carbons (Fsp3) is 0.190. The molecule has 3 nitrogen and oxygen atoms in total. The number of fused-ring (bicyclic) bond motifs is 3. The summed E-state index contributed by atoms with van der Waals surface area (Å²) in [5.41, 5.74) is 7.79. The molecule has 0 aliphatic carbocycles. The van der Waals surface area contributed by atoms with Crippen LogP contribution in [0.2, 0.25) is 0 Å². The summed E-state index contributed by atoms with van der Waals surface area (Å²) in [4.78, 5) is 13.7. The minimum atomic E-state index is 0.988. The largest absolute Gasteiger partial charge is 0.261 e. The lowest BCUT2D eigenvalue weighted by Gasteiger charge is -2.11. The Morgan fingerprint density at radius 1 is 0.750 bits per heavy atom. The third-order valence-corrected chi connectivity index (χ3v) is 4.54. The van der Waals surface area contributed by atoms with Crippen LogP contribution < -0.4 is 0 Å². The molecule has 0 N–H and O–H groups in total. The van der Waals surface area contributed by atoms with E-state index in [1.54, 1.807) is 6.33 Å². The van der Waals surface area contributed by atoms with Crippen LogP contribution in [0.4, 0.5) is 0 Å². The second kappa shape index (κ2) is 5.38. The van der Waals surface area contributed by atoms with E-state index in [0.29, 0.717) is 0 Å². The van der Waals surface area contributed by atoms with E-state index in [4.69, 9.17) is 0 Å². The Balaban J connectivity index is 2.12. The van der Waals surface area contributed by atoms with Crippen molar-refractivity contribution in [2.75, 3.05) is 0 Å². The number of nitrogens with zero attached hydrogens (tertiary/aromatic N) is 3. The van der Waals surface area contributed by atoms with E-state index < -0.39 is 0 Å². The molecule has 0 atom stereocenters. The summed E-state index contributed by atoms with van der Waals surface area (Å²) in [6.45, 7) is 8.37. The zero-order valence-corrected chi connectivity index (χ0v) is 14.4. The molecule has 0 amide bonds. The van der Waals surface area contributed by atoms with Gasteiger partial charge in [0.15, 0.2) is 0 Å². The van der Waals surface area contributed by atoms with Crippen molar-refractivity contribution in [1.82, 2.24) is 15.0 Å². The Morgan fingerprint density at radius 3 is 2.21 bits per heavy atom. The molecule has 2 aromatic heterocycles. The molecule has 4 rings (SSSR count). The number of benzene rings is 2. The molecule has 0 aliphatic heterocycles. The van der Waals surface area contributed by atoms with Crippen LogP contribution in [0.5, 0.6) is 0 Å². The monoisotopic (exact) mass is 313 g/mol. The molecule has 0 aliphatic rings. The number of hydrogen-bond donors (Lipinski definition) is 0. The molecule has 0 saturated carbocycles. The van der Waals surface area contributed by atoms with Gasteiger partial charge < -0.3 is 0 Å². The van der Waals surface area contributed by atoms with Gasteiger partial charge in [-0.1, -0.05) is 23.3 Å². The van der Waals surface area contributed by atoms with Gasteiger partial charge in [-0.25, -0.2) is 9.97 Å². The summed E-state index contributed by atoms with van der Waals surface area (Å²) in [5.74, 6) is 0. The SMILES string of the molecule is Cc1cc(C)cc(-c2ncnc3c2ccc2c(C)ncc(C)c23)c1. The minimum absolute atomic E-state index is 0.988. The van der Waals surface area contributed by atoms with E-state index in [0.717, 1.165) is 38.8 Å². The Kier molecular flexibility index (Phi) is 3.31. The Labute approximate surface area is 141 Å². The van der Waals surface area contributed by atoms with Gasteiger partial charge in [0.2, 0.25) is 0 Å². The van der Waals surface area contributed by atoms with Gasteiger partial charge in [0.25, 0.3) is 0 Å². The highest BCUT2D eigenvalue weighted by atomic mass is 14.8. The molecule has 2 aromatic carbocycles. The van der Waals surface area contributed by atoms with Crippen LogP contribution in [0.25, 0.3) is 32.9 Å². The minimum Gasteiger partial charge on any atom is -0.261 e. The summed E-state index contributed by atoms with van der Waals surface area (Å²) >= 11 is 0. The van der Waals surface area contributed by atoms with Crippen molar-refractivity contribution in [3.8, 4) is 11.3 Å². The number of aromatic nitrogens is 3. The fourth-order valence-electron chi connectivity index (χ4n) is 3.50. The summed E-state index contributed by atoms with van der Waals surface area (Å²) in [6.07, 6.45) is 3.60. The third kappa shape index (κ3) is 2.24. The summed E-state index contributed by atoms with van der Waals surface area (Å²) in [7, 11) is 0. The maximum absolute atomic E-state index is 4.60. The van der Waals surface area contributed by atoms with Gasteiger partial charge in [-0.2, -0.15) is 0 Å². The van der Waals surface area contributed by atoms with Crippen LogP contribution in [-0.4, -0.2) is 15.0 Å². The average molecular weight is 313 g/mol. The van der Waals surface area contributed by atoms with Crippen molar-refractivity contribution in [2.45, 2.75) is 27.7 Å². The number of hydrogen-bond acceptors (Lipinski definition) is 3. The molecule has 0 saturated heterocycles. The van der Waals surface area contributed by atoms with Crippen molar-refractivity contribution >= 4 is 21.7 Å². The third-order valence-electron chi connectivity index (χ3n) is 4.54. The summed E-state index contributed by atoms with van der Waals surface area (Å²) in [5, 5.41) is 3.42. The molecule has 0 radical (unpaired) electrons. The predicted octanol–water partition coefficient (Wildman–Crippen LogP) is 5.08. The highest BCUT2D eigenvalue weighted by Crippen LogP contribution is 2.33. The van der Waals surface area contributed by atoms with Crippen LogP contribution in [0.3, 0.4) is 0 Å². The number of pyridine rings is 1. The fourth-order valence-corrected chi connectivity index (χ4v) is 3.50. The predicted molar refractivity (Wildman–Crippen MR) is 99.2 cm³/mol. The summed E-state index contributed by atoms with van der Waals surface area (Å²) < 4.78 is 0. The van der Waals surface area contributed by atoms with E-state index in [-0.39, 0.29) is 0 Å². The molecule has 0 fully saturated rings. The van der Waals surface area contributed by atoms with E-state index in [2.05, 4.69) is 66.1 Å². The van der Waals surface area contributed by atoms with Gasteiger partial charge in [0.1, 0.15) is 6.33 Å². The van der Waals surface area contributed by atoms with Gasteiger partial charge in [-0.3, -0.25) is 4.98 Å². The highest BCUT2D eigenvalue weighted by Gasteiger charge is 2.12. The second-order valence-electron chi connectivity index (χ2n) is 6.51. The maximum Gasteiger partial charge on any atom is 0.116 e. The molecule has 0 unspecified atom stereocenters. The van der Waals surface area contributed by atoms with Gasteiger partial charge in [0.05, 0.1) is 11.2 Å². The van der Waals surface area contributed by atoms with Crippen molar-refractivity contribution in [3.05, 3.63) is 65.2 Å². The van der Waals surface area contributed by atoms with Gasteiger partial charge in [0, 0.05) is 33.6 Å². The van der Waals surface area contributed by atoms with Crippen LogP contribution in [0.15, 0.2) is 42.9 Å². The lowest BCUT2D eigenvalue weighted by atomic mass is 9.98. The molecule has 24 heavy (non-hydrogen) atoms. The zero-order chi connectivity index (χ0) is 16.8. The first-order valence-corrected chi connectivity index (χ1v) is 8.13. The van der Waals surface area contributed by atoms with E-state index >= 15 is 0 Å². The topological polar surface area (TPSA) is 38.7 Å². The van der Waals surface area contributed by atoms with Crippen LogP contribution in [0.1, 0.15) is 22.4 Å². The van der Waals surface area contributed by atoms with Crippen molar-refractivity contribution < 1.29 is 0 Å². The smallest absolute Gasteiger partial charge is 0.116 e. The normalized spacial score (nSPS) is 11.3. The molecule has 2 heterocycles. The quantitative estimate of drug-likeness (QED) is 0.460. The van der Waals surface area contributed by atoms with Gasteiger partial charge in [-0.05, 0) is 51.5 Å². The van der Waals surface area contributed by atoms with Gasteiger partial charge in [-0.15, -0.1) is 0 Å². The highest BCUT2D eigenvalue weighted by molar-refractivity contribution is 6.10. The van der Waals surface area contributed by atoms with E-state index in [1.165, 1.54) is 16.5 Å². The first-order valence-electron chi connectivity index (χ1n) is 8.13. The molecule has 4 aromatic rings. The molecular weight excluding hydrogens is 294 g/mol. The van der Waals surface area contributed by atoms with Crippen molar-refractivity contribution in [3.63, 3.8) is 0 Å². The van der Waals surface area contributed by atoms with E-state index in [9.17, 15) is 0 Å². The summed E-state index contributed by atoms with van der Waals surface area (Å²) in [6, 6.07) is 10.8. The zero-order valence-electron chi connectivity index (χ0n) is 14.4. The molecule has 0 spiro atoms. The molecule has 118 valence electrons. The van der Waals surface area contributed by atoms with Gasteiger partial charge >= 0.3 is 0 Å². The van der Waals surface area contributed by atoms with Crippen LogP contribution in [0, 0.1) is 27.7 Å². The van der Waals surface area contributed by atoms with Crippen molar-refractivity contribution in [2.24, 2.45) is 0 Å². The Bertz CT molecular complexity index is 1080. The molecule has 3 heteroatoms. The molecule has 0 bridgehead atoms. The lowest BCUT2D eigenvalue weighted by Crippen LogP contribution is -1.94. The van der Waals surface area contributed by atoms with Crippen molar-refractivity contribution in [1.29, 1.82) is 0 Å². The van der Waals surface area contributed by atoms with Crippen LogP contribution in [-0.2, 0) is 0 Å². The maximum atomic E-state index is 4.60. The first-order chi connectivity index (χ1) is 11.5. The average Bonchev–Trinajstić information content (AvgIpc) is 2.56. The Hall–Kier alpha value is -2.81. The standard InChI is InChI=1S/C21H19N3/c1-12-7-13(2)9-16(8-12)20-18-6-5-17-15(4)22-10-14(3)19(17)21(18)24-11-23-20/h5-11H,1-4H3. The van der Waals surface area contributed by atoms with E-state index in [1.807, 2.05) is 13.1 Å². The first kappa shape index (κ1) is 14.8. The second-order valence-corrected chi connectivity index (χ2v) is 6.51. The Morgan fingerprint density at radius 2 is 1.46 bits per heavy atom.